The topological polar surface area (TPSA) is 57.8 Å². The SMILES string of the molecule is CC(=O)Nc1c(-c2ccccc2)[nH]c2ncc(Br)cc12. The van der Waals surface area contributed by atoms with Gasteiger partial charge in [0.25, 0.3) is 0 Å². The van der Waals surface area contributed by atoms with Gasteiger partial charge in [-0.15, -0.1) is 0 Å². The van der Waals surface area contributed by atoms with E-state index in [0.29, 0.717) is 0 Å². The molecule has 0 atom stereocenters. The van der Waals surface area contributed by atoms with Gasteiger partial charge in [-0.05, 0) is 22.0 Å². The smallest absolute Gasteiger partial charge is 0.221 e. The van der Waals surface area contributed by atoms with Gasteiger partial charge in [0.2, 0.25) is 5.91 Å². The number of carbonyl (C=O) groups excluding carboxylic acids is 1. The van der Waals surface area contributed by atoms with Gasteiger partial charge in [0, 0.05) is 28.5 Å². The molecule has 2 aromatic heterocycles. The van der Waals surface area contributed by atoms with Crippen LogP contribution in [0.15, 0.2) is 47.1 Å². The number of rotatable bonds is 2. The van der Waals surface area contributed by atoms with Crippen molar-refractivity contribution in [1.82, 2.24) is 9.97 Å². The number of hydrogen-bond donors (Lipinski definition) is 2. The van der Waals surface area contributed by atoms with E-state index in [1.165, 1.54) is 6.92 Å². The van der Waals surface area contributed by atoms with Crippen LogP contribution < -0.4 is 5.32 Å². The average Bonchev–Trinajstić information content (AvgIpc) is 2.77. The Morgan fingerprint density at radius 1 is 1.30 bits per heavy atom. The summed E-state index contributed by atoms with van der Waals surface area (Å²) in [7, 11) is 0. The lowest BCUT2D eigenvalue weighted by Crippen LogP contribution is -2.06. The van der Waals surface area contributed by atoms with Gasteiger partial charge < -0.3 is 10.3 Å². The van der Waals surface area contributed by atoms with Gasteiger partial charge in [0.15, 0.2) is 0 Å². The number of fused-ring (bicyclic) bond motifs is 1. The third-order valence-corrected chi connectivity index (χ3v) is 3.41. The molecule has 0 aliphatic heterocycles. The maximum absolute atomic E-state index is 11.5. The van der Waals surface area contributed by atoms with Gasteiger partial charge >= 0.3 is 0 Å². The highest BCUT2D eigenvalue weighted by molar-refractivity contribution is 9.10. The monoisotopic (exact) mass is 329 g/mol. The van der Waals surface area contributed by atoms with Crippen LogP contribution in [0.2, 0.25) is 0 Å². The molecule has 0 aliphatic carbocycles. The summed E-state index contributed by atoms with van der Waals surface area (Å²) in [5.74, 6) is -0.108. The highest BCUT2D eigenvalue weighted by Crippen LogP contribution is 2.35. The predicted molar refractivity (Wildman–Crippen MR) is 83.5 cm³/mol. The first-order valence-corrected chi connectivity index (χ1v) is 6.94. The van der Waals surface area contributed by atoms with Crippen molar-refractivity contribution in [2.45, 2.75) is 6.92 Å². The van der Waals surface area contributed by atoms with Crippen LogP contribution in [0.1, 0.15) is 6.92 Å². The van der Waals surface area contributed by atoms with E-state index in [9.17, 15) is 4.79 Å². The van der Waals surface area contributed by atoms with Crippen molar-refractivity contribution in [3.63, 3.8) is 0 Å². The van der Waals surface area contributed by atoms with Crippen molar-refractivity contribution < 1.29 is 4.79 Å². The second-order valence-corrected chi connectivity index (χ2v) is 5.39. The van der Waals surface area contributed by atoms with E-state index in [4.69, 9.17) is 0 Å². The van der Waals surface area contributed by atoms with E-state index in [-0.39, 0.29) is 5.91 Å². The van der Waals surface area contributed by atoms with Crippen LogP contribution in [-0.4, -0.2) is 15.9 Å². The van der Waals surface area contributed by atoms with E-state index >= 15 is 0 Å². The predicted octanol–water partition coefficient (Wildman–Crippen LogP) is 3.95. The first kappa shape index (κ1) is 12.9. The fraction of sp³-hybridized carbons (Fsp3) is 0.0667. The molecule has 4 nitrogen and oxygen atoms in total. The Labute approximate surface area is 124 Å². The number of hydrogen-bond acceptors (Lipinski definition) is 2. The highest BCUT2D eigenvalue weighted by atomic mass is 79.9. The fourth-order valence-electron chi connectivity index (χ4n) is 2.17. The standard InChI is InChI=1S/C15H12BrN3O/c1-9(20)18-14-12-7-11(16)8-17-15(12)19-13(14)10-5-3-2-4-6-10/h2-8H,1H3,(H,17,19)(H,18,20). The number of anilines is 1. The molecule has 5 heteroatoms. The van der Waals surface area contributed by atoms with E-state index in [1.54, 1.807) is 6.20 Å². The molecule has 20 heavy (non-hydrogen) atoms. The number of amides is 1. The molecule has 0 fully saturated rings. The lowest BCUT2D eigenvalue weighted by atomic mass is 10.1. The maximum Gasteiger partial charge on any atom is 0.221 e. The summed E-state index contributed by atoms with van der Waals surface area (Å²) in [5, 5.41) is 3.77. The molecule has 3 aromatic rings. The summed E-state index contributed by atoms with van der Waals surface area (Å²) >= 11 is 3.41. The Morgan fingerprint density at radius 2 is 2.05 bits per heavy atom. The number of aromatic nitrogens is 2. The number of nitrogens with one attached hydrogen (secondary N) is 2. The van der Waals surface area contributed by atoms with Crippen LogP contribution in [0.3, 0.4) is 0 Å². The van der Waals surface area contributed by atoms with Crippen LogP contribution >= 0.6 is 15.9 Å². The quantitative estimate of drug-likeness (QED) is 0.747. The molecule has 0 radical (unpaired) electrons. The number of aromatic amines is 1. The molecular formula is C15H12BrN3O. The zero-order chi connectivity index (χ0) is 14.1. The van der Waals surface area contributed by atoms with E-state index < -0.39 is 0 Å². The second-order valence-electron chi connectivity index (χ2n) is 4.47. The normalized spacial score (nSPS) is 10.7. The van der Waals surface area contributed by atoms with Gasteiger partial charge in [-0.1, -0.05) is 30.3 Å². The third-order valence-electron chi connectivity index (χ3n) is 2.98. The lowest BCUT2D eigenvalue weighted by Gasteiger charge is -2.05. The Balaban J connectivity index is 2.28. The van der Waals surface area contributed by atoms with Crippen molar-refractivity contribution >= 4 is 38.6 Å². The number of benzene rings is 1. The van der Waals surface area contributed by atoms with E-state index in [0.717, 1.165) is 32.5 Å². The molecule has 100 valence electrons. The summed E-state index contributed by atoms with van der Waals surface area (Å²) in [6.45, 7) is 1.50. The van der Waals surface area contributed by atoms with Crippen molar-refractivity contribution in [1.29, 1.82) is 0 Å². The van der Waals surface area contributed by atoms with Crippen molar-refractivity contribution in [3.05, 3.63) is 47.1 Å². The van der Waals surface area contributed by atoms with Gasteiger partial charge in [-0.25, -0.2) is 4.98 Å². The van der Waals surface area contributed by atoms with Crippen LogP contribution in [0.4, 0.5) is 5.69 Å². The van der Waals surface area contributed by atoms with Gasteiger partial charge in [0.1, 0.15) is 5.65 Å². The van der Waals surface area contributed by atoms with Crippen molar-refractivity contribution in [2.24, 2.45) is 0 Å². The van der Waals surface area contributed by atoms with Crippen molar-refractivity contribution in [2.75, 3.05) is 5.32 Å². The summed E-state index contributed by atoms with van der Waals surface area (Å²) in [6, 6.07) is 11.8. The molecule has 3 rings (SSSR count). The summed E-state index contributed by atoms with van der Waals surface area (Å²) in [6.07, 6.45) is 1.73. The summed E-state index contributed by atoms with van der Waals surface area (Å²) in [4.78, 5) is 19.1. The van der Waals surface area contributed by atoms with E-state index in [2.05, 4.69) is 31.2 Å². The molecule has 0 bridgehead atoms. The zero-order valence-corrected chi connectivity index (χ0v) is 12.4. The molecule has 2 N–H and O–H groups in total. The lowest BCUT2D eigenvalue weighted by molar-refractivity contribution is -0.114. The molecule has 0 unspecified atom stereocenters. The Bertz CT molecular complexity index is 780. The highest BCUT2D eigenvalue weighted by Gasteiger charge is 2.15. The molecular weight excluding hydrogens is 318 g/mol. The zero-order valence-electron chi connectivity index (χ0n) is 10.8. The van der Waals surface area contributed by atoms with Crippen LogP contribution in [-0.2, 0) is 4.79 Å². The molecule has 1 amide bonds. The number of H-pyrrole nitrogens is 1. The Kier molecular flexibility index (Phi) is 3.28. The van der Waals surface area contributed by atoms with Gasteiger partial charge in [-0.3, -0.25) is 4.79 Å². The fourth-order valence-corrected chi connectivity index (χ4v) is 2.50. The Hall–Kier alpha value is -2.14. The van der Waals surface area contributed by atoms with Crippen LogP contribution in [0, 0.1) is 0 Å². The minimum Gasteiger partial charge on any atom is -0.337 e. The third kappa shape index (κ3) is 2.32. The Morgan fingerprint density at radius 3 is 2.75 bits per heavy atom. The van der Waals surface area contributed by atoms with Crippen molar-refractivity contribution in [3.8, 4) is 11.3 Å². The number of pyridine rings is 1. The van der Waals surface area contributed by atoms with E-state index in [1.807, 2.05) is 36.4 Å². The number of halogens is 1. The molecule has 2 heterocycles. The van der Waals surface area contributed by atoms with Crippen LogP contribution in [0.25, 0.3) is 22.3 Å². The van der Waals surface area contributed by atoms with Gasteiger partial charge in [-0.2, -0.15) is 0 Å². The minimum absolute atomic E-state index is 0.108. The first-order chi connectivity index (χ1) is 9.65. The summed E-state index contributed by atoms with van der Waals surface area (Å²) in [5.41, 5.74) is 3.37. The molecule has 0 spiro atoms. The number of carbonyl (C=O) groups is 1. The average molecular weight is 330 g/mol. The summed E-state index contributed by atoms with van der Waals surface area (Å²) < 4.78 is 0.871. The first-order valence-electron chi connectivity index (χ1n) is 6.15. The number of nitrogens with zero attached hydrogens (tertiary/aromatic N) is 1. The molecule has 1 aromatic carbocycles. The largest absolute Gasteiger partial charge is 0.337 e. The maximum atomic E-state index is 11.5. The van der Waals surface area contributed by atoms with Crippen LogP contribution in [0.5, 0.6) is 0 Å². The molecule has 0 saturated heterocycles. The minimum atomic E-state index is -0.108. The molecule has 0 saturated carbocycles. The van der Waals surface area contributed by atoms with Gasteiger partial charge in [0.05, 0.1) is 11.4 Å². The second kappa shape index (κ2) is 5.09. The molecule has 0 aliphatic rings.